The summed E-state index contributed by atoms with van der Waals surface area (Å²) in [5, 5.41) is 3.93. The smallest absolute Gasteiger partial charge is 0.293 e. The standard InChI is InChI=1S/C16H20N4O4/c1-9(2)11-6-14(24-19-11)16(22)20-4-5-23-8-13(20)12-7-15(21)18-10(3)17-12/h6-7,9,13H,4-5,8H2,1-3H3,(H,17,18,21)/t13-/m1/s1. The average molecular weight is 332 g/mol. The monoisotopic (exact) mass is 332 g/mol. The molecule has 0 aliphatic carbocycles. The van der Waals surface area contributed by atoms with Gasteiger partial charge in [-0.05, 0) is 12.8 Å². The first-order valence-corrected chi connectivity index (χ1v) is 7.89. The molecule has 8 nitrogen and oxygen atoms in total. The van der Waals surface area contributed by atoms with E-state index in [4.69, 9.17) is 9.26 Å². The van der Waals surface area contributed by atoms with Gasteiger partial charge in [0, 0.05) is 18.7 Å². The number of aryl methyl sites for hydroxylation is 1. The highest BCUT2D eigenvalue weighted by atomic mass is 16.5. The number of carbonyl (C=O) groups is 1. The molecular formula is C16H20N4O4. The normalized spacial score (nSPS) is 18.2. The summed E-state index contributed by atoms with van der Waals surface area (Å²) in [6.07, 6.45) is 0. The molecule has 1 fully saturated rings. The molecule has 3 heterocycles. The van der Waals surface area contributed by atoms with Crippen molar-refractivity contribution in [3.63, 3.8) is 0 Å². The molecule has 1 aliphatic heterocycles. The van der Waals surface area contributed by atoms with Crippen molar-refractivity contribution in [1.29, 1.82) is 0 Å². The number of carbonyl (C=O) groups excluding carboxylic acids is 1. The lowest BCUT2D eigenvalue weighted by Gasteiger charge is -2.34. The van der Waals surface area contributed by atoms with Crippen LogP contribution >= 0.6 is 0 Å². The van der Waals surface area contributed by atoms with E-state index < -0.39 is 6.04 Å². The summed E-state index contributed by atoms with van der Waals surface area (Å²) >= 11 is 0. The van der Waals surface area contributed by atoms with Gasteiger partial charge in [0.1, 0.15) is 5.82 Å². The SMILES string of the molecule is Cc1nc([C@H]2COCCN2C(=O)c2cc(C(C)C)no2)cc(=O)[nH]1. The minimum absolute atomic E-state index is 0.174. The third kappa shape index (κ3) is 3.23. The molecule has 0 saturated carbocycles. The molecule has 3 rings (SSSR count). The van der Waals surface area contributed by atoms with Crippen LogP contribution in [0.4, 0.5) is 0 Å². The summed E-state index contributed by atoms with van der Waals surface area (Å²) in [5.74, 6) is 0.583. The van der Waals surface area contributed by atoms with Crippen molar-refractivity contribution in [2.75, 3.05) is 19.8 Å². The molecule has 2 aromatic heterocycles. The third-order valence-electron chi connectivity index (χ3n) is 3.94. The number of nitrogens with zero attached hydrogens (tertiary/aromatic N) is 3. The lowest BCUT2D eigenvalue weighted by molar-refractivity contribution is -0.00594. The van der Waals surface area contributed by atoms with E-state index in [1.54, 1.807) is 17.9 Å². The molecule has 1 N–H and O–H groups in total. The number of rotatable bonds is 3. The van der Waals surface area contributed by atoms with Gasteiger partial charge in [0.2, 0.25) is 5.76 Å². The predicted octanol–water partition coefficient (Wildman–Crippen LogP) is 1.40. The molecule has 8 heteroatoms. The summed E-state index contributed by atoms with van der Waals surface area (Å²) in [6.45, 7) is 6.77. The lowest BCUT2D eigenvalue weighted by atomic mass is 10.1. The quantitative estimate of drug-likeness (QED) is 0.912. The van der Waals surface area contributed by atoms with Crippen LogP contribution in [0.25, 0.3) is 0 Å². The zero-order valence-corrected chi connectivity index (χ0v) is 13.9. The minimum atomic E-state index is -0.431. The summed E-state index contributed by atoms with van der Waals surface area (Å²) in [6, 6.07) is 2.63. The number of nitrogens with one attached hydrogen (secondary N) is 1. The number of H-pyrrole nitrogens is 1. The zero-order valence-electron chi connectivity index (χ0n) is 13.9. The number of aromatic amines is 1. The molecule has 128 valence electrons. The maximum Gasteiger partial charge on any atom is 0.293 e. The summed E-state index contributed by atoms with van der Waals surface area (Å²) in [5.41, 5.74) is 0.985. The van der Waals surface area contributed by atoms with Crippen LogP contribution in [0.2, 0.25) is 0 Å². The highest BCUT2D eigenvalue weighted by Gasteiger charge is 2.32. The Hall–Kier alpha value is -2.48. The highest BCUT2D eigenvalue weighted by molar-refractivity contribution is 5.91. The van der Waals surface area contributed by atoms with Gasteiger partial charge in [0.25, 0.3) is 11.5 Å². The van der Waals surface area contributed by atoms with E-state index in [9.17, 15) is 9.59 Å². The van der Waals surface area contributed by atoms with Crippen molar-refractivity contribution in [2.24, 2.45) is 0 Å². The molecule has 1 atom stereocenters. The molecule has 1 aliphatic rings. The van der Waals surface area contributed by atoms with Gasteiger partial charge in [-0.25, -0.2) is 4.98 Å². The van der Waals surface area contributed by atoms with E-state index >= 15 is 0 Å². The fraction of sp³-hybridized carbons (Fsp3) is 0.500. The van der Waals surface area contributed by atoms with Gasteiger partial charge in [-0.1, -0.05) is 19.0 Å². The van der Waals surface area contributed by atoms with E-state index in [1.807, 2.05) is 13.8 Å². The van der Waals surface area contributed by atoms with Crippen LogP contribution < -0.4 is 5.56 Å². The van der Waals surface area contributed by atoms with Gasteiger partial charge in [0.05, 0.1) is 30.6 Å². The maximum atomic E-state index is 12.8. The Balaban J connectivity index is 1.91. The number of morpholine rings is 1. The maximum absolute atomic E-state index is 12.8. The topological polar surface area (TPSA) is 101 Å². The zero-order chi connectivity index (χ0) is 17.3. The predicted molar refractivity (Wildman–Crippen MR) is 84.8 cm³/mol. The summed E-state index contributed by atoms with van der Waals surface area (Å²) in [7, 11) is 0. The van der Waals surface area contributed by atoms with E-state index in [-0.39, 0.29) is 29.8 Å². The Morgan fingerprint density at radius 1 is 1.42 bits per heavy atom. The fourth-order valence-corrected chi connectivity index (χ4v) is 2.67. The van der Waals surface area contributed by atoms with Gasteiger partial charge >= 0.3 is 0 Å². The number of hydrogen-bond acceptors (Lipinski definition) is 6. The molecule has 0 spiro atoms. The van der Waals surface area contributed by atoms with Gasteiger partial charge in [-0.3, -0.25) is 9.59 Å². The van der Waals surface area contributed by atoms with Crippen LogP contribution in [0.3, 0.4) is 0 Å². The van der Waals surface area contributed by atoms with Crippen LogP contribution in [0.1, 0.15) is 53.6 Å². The molecule has 1 amide bonds. The van der Waals surface area contributed by atoms with Crippen molar-refractivity contribution in [1.82, 2.24) is 20.0 Å². The Bertz CT molecular complexity index is 795. The van der Waals surface area contributed by atoms with E-state index in [0.717, 1.165) is 5.69 Å². The molecule has 0 bridgehead atoms. The molecule has 24 heavy (non-hydrogen) atoms. The second kappa shape index (κ2) is 6.56. The summed E-state index contributed by atoms with van der Waals surface area (Å²) < 4.78 is 10.7. The second-order valence-corrected chi connectivity index (χ2v) is 6.12. The average Bonchev–Trinajstić information content (AvgIpc) is 3.03. The first kappa shape index (κ1) is 16.4. The Kier molecular flexibility index (Phi) is 4.48. The van der Waals surface area contributed by atoms with Crippen molar-refractivity contribution >= 4 is 5.91 Å². The van der Waals surface area contributed by atoms with Crippen LogP contribution in [-0.2, 0) is 4.74 Å². The second-order valence-electron chi connectivity index (χ2n) is 6.12. The van der Waals surface area contributed by atoms with Gasteiger partial charge in [0.15, 0.2) is 0 Å². The third-order valence-corrected chi connectivity index (χ3v) is 3.94. The van der Waals surface area contributed by atoms with Crippen LogP contribution in [0.5, 0.6) is 0 Å². The van der Waals surface area contributed by atoms with Crippen LogP contribution in [0, 0.1) is 6.92 Å². The van der Waals surface area contributed by atoms with Gasteiger partial charge < -0.3 is 19.1 Å². The van der Waals surface area contributed by atoms with Crippen molar-refractivity contribution < 1.29 is 14.1 Å². The fourth-order valence-electron chi connectivity index (χ4n) is 2.67. The molecule has 0 radical (unpaired) electrons. The molecular weight excluding hydrogens is 312 g/mol. The highest BCUT2D eigenvalue weighted by Crippen LogP contribution is 2.25. The Labute approximate surface area is 138 Å². The minimum Gasteiger partial charge on any atom is -0.377 e. The van der Waals surface area contributed by atoms with E-state index in [1.165, 1.54) is 6.07 Å². The number of aromatic nitrogens is 3. The summed E-state index contributed by atoms with van der Waals surface area (Å²) in [4.78, 5) is 33.1. The van der Waals surface area contributed by atoms with Crippen LogP contribution in [-0.4, -0.2) is 45.7 Å². The lowest BCUT2D eigenvalue weighted by Crippen LogP contribution is -2.44. The first-order valence-electron chi connectivity index (χ1n) is 7.89. The van der Waals surface area contributed by atoms with E-state index in [0.29, 0.717) is 24.7 Å². The van der Waals surface area contributed by atoms with Crippen LogP contribution in [0.15, 0.2) is 21.5 Å². The molecule has 2 aromatic rings. The van der Waals surface area contributed by atoms with E-state index in [2.05, 4.69) is 15.1 Å². The Morgan fingerprint density at radius 3 is 2.88 bits per heavy atom. The number of ether oxygens (including phenoxy) is 1. The Morgan fingerprint density at radius 2 is 2.21 bits per heavy atom. The van der Waals surface area contributed by atoms with Gasteiger partial charge in [-0.15, -0.1) is 0 Å². The first-order chi connectivity index (χ1) is 11.5. The number of hydrogen-bond donors (Lipinski definition) is 1. The van der Waals surface area contributed by atoms with Crippen molar-refractivity contribution in [3.8, 4) is 0 Å². The van der Waals surface area contributed by atoms with Crippen molar-refractivity contribution in [2.45, 2.75) is 32.7 Å². The van der Waals surface area contributed by atoms with Gasteiger partial charge in [-0.2, -0.15) is 0 Å². The largest absolute Gasteiger partial charge is 0.377 e. The molecule has 0 aromatic carbocycles. The van der Waals surface area contributed by atoms with Crippen molar-refractivity contribution in [3.05, 3.63) is 45.5 Å². The number of amides is 1. The molecule has 0 unspecified atom stereocenters. The molecule has 1 saturated heterocycles.